The van der Waals surface area contributed by atoms with Crippen molar-refractivity contribution in [2.75, 3.05) is 0 Å². The highest BCUT2D eigenvalue weighted by atomic mass is 35.5. The van der Waals surface area contributed by atoms with E-state index in [-0.39, 0.29) is 11.8 Å². The summed E-state index contributed by atoms with van der Waals surface area (Å²) in [6.45, 7) is 0. The Morgan fingerprint density at radius 2 is 1.22 bits per heavy atom. The third kappa shape index (κ3) is 0.973. The van der Waals surface area contributed by atoms with E-state index in [4.69, 9.17) is 69.6 Å². The molecule has 0 spiro atoms. The summed E-state index contributed by atoms with van der Waals surface area (Å²) in [4.78, 5) is -2.13. The quantitative estimate of drug-likeness (QED) is 0.312. The van der Waals surface area contributed by atoms with E-state index < -0.39 is 14.1 Å². The molecule has 0 aromatic rings. The second kappa shape index (κ2) is 3.34. The van der Waals surface area contributed by atoms with Gasteiger partial charge in [0.2, 0.25) is 0 Å². The molecule has 0 aliphatic heterocycles. The first kappa shape index (κ1) is 12.9. The van der Waals surface area contributed by atoms with Gasteiger partial charge in [0.1, 0.15) is 9.75 Å². The molecule has 4 aliphatic rings. The fourth-order valence-corrected chi connectivity index (χ4v) is 7.61. The summed E-state index contributed by atoms with van der Waals surface area (Å²) in [6, 6.07) is 0. The van der Waals surface area contributed by atoms with Crippen molar-refractivity contribution in [3.05, 3.63) is 22.2 Å². The summed E-state index contributed by atoms with van der Waals surface area (Å²) in [7, 11) is 0. The minimum Gasteiger partial charge on any atom is -0.109 e. The largest absolute Gasteiger partial charge is 0.166 e. The molecule has 0 amide bonds. The predicted molar refractivity (Wildman–Crippen MR) is 78.1 cm³/mol. The predicted octanol–water partition coefficient (Wildman–Crippen LogP) is 5.27. The molecule has 4 rings (SSSR count). The first-order chi connectivity index (χ1) is 8.28. The van der Waals surface area contributed by atoms with Crippen LogP contribution in [0.1, 0.15) is 6.42 Å². The lowest BCUT2D eigenvalue weighted by atomic mass is 9.75. The number of allylic oxidation sites excluding steroid dienone is 4. The van der Waals surface area contributed by atoms with E-state index in [0.29, 0.717) is 21.9 Å². The molecule has 18 heavy (non-hydrogen) atoms. The number of hydrogen-bond donors (Lipinski definition) is 0. The first-order valence-electron chi connectivity index (χ1n) is 5.78. The molecule has 2 unspecified atom stereocenters. The molecule has 2 fully saturated rings. The molecular formula is C12H8Cl6. The van der Waals surface area contributed by atoms with Crippen molar-refractivity contribution in [3.63, 3.8) is 0 Å². The third-order valence-electron chi connectivity index (χ3n) is 5.12. The van der Waals surface area contributed by atoms with Gasteiger partial charge in [-0.2, -0.15) is 0 Å². The maximum Gasteiger partial charge on any atom is 0.166 e. The van der Waals surface area contributed by atoms with Gasteiger partial charge in [-0.25, -0.2) is 0 Å². The van der Waals surface area contributed by atoms with E-state index in [2.05, 4.69) is 12.2 Å². The van der Waals surface area contributed by atoms with E-state index in [1.165, 1.54) is 0 Å². The van der Waals surface area contributed by atoms with Gasteiger partial charge in [-0.1, -0.05) is 58.6 Å². The van der Waals surface area contributed by atoms with E-state index in [1.54, 1.807) is 0 Å². The van der Waals surface area contributed by atoms with Crippen LogP contribution in [-0.4, -0.2) is 14.1 Å². The van der Waals surface area contributed by atoms with Gasteiger partial charge in [-0.3, -0.25) is 0 Å². The van der Waals surface area contributed by atoms with Crippen LogP contribution in [0.2, 0.25) is 0 Å². The van der Waals surface area contributed by atoms with Crippen molar-refractivity contribution in [1.29, 1.82) is 0 Å². The van der Waals surface area contributed by atoms with Gasteiger partial charge >= 0.3 is 0 Å². The van der Waals surface area contributed by atoms with Gasteiger partial charge in [-0.15, -0.1) is 23.2 Å². The fourth-order valence-electron chi connectivity index (χ4n) is 4.48. The van der Waals surface area contributed by atoms with Crippen molar-refractivity contribution in [2.24, 2.45) is 23.7 Å². The van der Waals surface area contributed by atoms with Crippen LogP contribution in [0.4, 0.5) is 0 Å². The van der Waals surface area contributed by atoms with Crippen molar-refractivity contribution >= 4 is 69.6 Å². The number of rotatable bonds is 0. The number of fused-ring (bicyclic) bond motifs is 9. The SMILES string of the molecule is ClC1=C(Cl)[C@@]2(Cl)[C@H]3C4C=CC(C4)[C@H]3[C@@]1(Cl)C2(Cl)Cl. The highest BCUT2D eigenvalue weighted by molar-refractivity contribution is 6.65. The average Bonchev–Trinajstić information content (AvgIpc) is 2.97. The lowest BCUT2D eigenvalue weighted by molar-refractivity contribution is 0.305. The number of halogens is 6. The molecule has 6 atom stereocenters. The monoisotopic (exact) mass is 362 g/mol. The van der Waals surface area contributed by atoms with E-state index in [1.807, 2.05) is 0 Å². The van der Waals surface area contributed by atoms with Crippen LogP contribution in [0.25, 0.3) is 0 Å². The molecule has 4 aliphatic carbocycles. The summed E-state index contributed by atoms with van der Waals surface area (Å²) in [5.74, 6) is 0.815. The maximum atomic E-state index is 6.76. The van der Waals surface area contributed by atoms with Crippen LogP contribution in [0.3, 0.4) is 0 Å². The van der Waals surface area contributed by atoms with Crippen LogP contribution in [0.5, 0.6) is 0 Å². The summed E-state index contributed by atoms with van der Waals surface area (Å²) >= 11 is 39.2. The lowest BCUT2D eigenvalue weighted by Crippen LogP contribution is -2.46. The molecule has 6 heteroatoms. The van der Waals surface area contributed by atoms with Gasteiger partial charge in [0, 0.05) is 0 Å². The Morgan fingerprint density at radius 3 is 1.61 bits per heavy atom. The Morgan fingerprint density at radius 1 is 0.833 bits per heavy atom. The standard InChI is InChI=1S/C12H8Cl6/c13-8-9(14)11(16)7-5-2-1-4(3-5)6(7)10(8,15)12(11,17)18/h1-2,4-7H,3H2/t4?,5?,6-,7+,10-,11-/m0/s1. The Kier molecular flexibility index (Phi) is 2.40. The average molecular weight is 365 g/mol. The van der Waals surface area contributed by atoms with Crippen molar-refractivity contribution in [3.8, 4) is 0 Å². The molecule has 0 radical (unpaired) electrons. The summed E-state index contributed by atoms with van der Waals surface area (Å²) in [6.07, 6.45) is 5.40. The van der Waals surface area contributed by atoms with E-state index >= 15 is 0 Å². The molecule has 98 valence electrons. The Bertz CT molecular complexity index is 481. The molecule has 0 aromatic heterocycles. The van der Waals surface area contributed by atoms with Crippen LogP contribution in [0, 0.1) is 23.7 Å². The number of hydrogen-bond acceptors (Lipinski definition) is 0. The van der Waals surface area contributed by atoms with E-state index in [9.17, 15) is 0 Å². The summed E-state index contributed by atoms with van der Waals surface area (Å²) in [5, 5.41) is 0.654. The van der Waals surface area contributed by atoms with Crippen LogP contribution in [-0.2, 0) is 0 Å². The summed E-state index contributed by atoms with van der Waals surface area (Å²) < 4.78 is -1.37. The highest BCUT2D eigenvalue weighted by Gasteiger charge is 2.85. The summed E-state index contributed by atoms with van der Waals surface area (Å²) in [5.41, 5.74) is 0. The highest BCUT2D eigenvalue weighted by Crippen LogP contribution is 2.81. The fraction of sp³-hybridized carbons (Fsp3) is 0.667. The van der Waals surface area contributed by atoms with Crippen LogP contribution < -0.4 is 0 Å². The molecule has 0 nitrogen and oxygen atoms in total. The molecule has 0 aromatic carbocycles. The van der Waals surface area contributed by atoms with Crippen LogP contribution >= 0.6 is 69.6 Å². The molecule has 0 N–H and O–H groups in total. The smallest absolute Gasteiger partial charge is 0.109 e. The van der Waals surface area contributed by atoms with Gasteiger partial charge < -0.3 is 0 Å². The Hall–Kier alpha value is 1.22. The maximum absolute atomic E-state index is 6.76. The normalized spacial score (nSPS) is 58.8. The minimum absolute atomic E-state index is 0.0664. The number of alkyl halides is 4. The molecule has 2 saturated carbocycles. The van der Waals surface area contributed by atoms with Gasteiger partial charge in [0.25, 0.3) is 0 Å². The zero-order chi connectivity index (χ0) is 13.1. The first-order valence-corrected chi connectivity index (χ1v) is 8.05. The van der Waals surface area contributed by atoms with E-state index in [0.717, 1.165) is 6.42 Å². The van der Waals surface area contributed by atoms with Gasteiger partial charge in [0.05, 0.1) is 10.1 Å². The second-order valence-electron chi connectivity index (χ2n) is 5.63. The minimum atomic E-state index is -1.37. The zero-order valence-corrected chi connectivity index (χ0v) is 13.5. The van der Waals surface area contributed by atoms with Gasteiger partial charge in [-0.05, 0) is 30.1 Å². The lowest BCUT2D eigenvalue weighted by Gasteiger charge is -2.37. The van der Waals surface area contributed by atoms with Crippen molar-refractivity contribution < 1.29 is 0 Å². The van der Waals surface area contributed by atoms with Crippen molar-refractivity contribution in [1.82, 2.24) is 0 Å². The topological polar surface area (TPSA) is 0 Å². The van der Waals surface area contributed by atoms with Crippen molar-refractivity contribution in [2.45, 2.75) is 20.5 Å². The molecular weight excluding hydrogens is 357 g/mol. The van der Waals surface area contributed by atoms with Crippen LogP contribution in [0.15, 0.2) is 22.2 Å². The van der Waals surface area contributed by atoms with Gasteiger partial charge in [0.15, 0.2) is 4.33 Å². The molecule has 0 saturated heterocycles. The Labute approximate surface area is 135 Å². The Balaban J connectivity index is 2.03. The molecule has 4 bridgehead atoms. The second-order valence-corrected chi connectivity index (χ2v) is 8.90. The zero-order valence-electron chi connectivity index (χ0n) is 8.94. The molecule has 0 heterocycles. The third-order valence-corrected chi connectivity index (χ3v) is 9.42.